The quantitative estimate of drug-likeness (QED) is 0.690. The smallest absolute Gasteiger partial charge is 0.243 e. The number of hydrogen-bond acceptors (Lipinski definition) is 6. The van der Waals surface area contributed by atoms with Crippen LogP contribution in [0.4, 0.5) is 5.69 Å². The fraction of sp³-hybridized carbons (Fsp3) is 0.318. The van der Waals surface area contributed by atoms with Crippen LogP contribution in [-0.4, -0.2) is 43.3 Å². The predicted octanol–water partition coefficient (Wildman–Crippen LogP) is 3.20. The molecular weight excluding hydrogens is 400 g/mol. The number of benzene rings is 2. The summed E-state index contributed by atoms with van der Waals surface area (Å²) in [5.41, 5.74) is 1.39. The number of carbonyl (C=O) groups is 1. The molecule has 0 bridgehead atoms. The zero-order valence-electron chi connectivity index (χ0n) is 16.4. The van der Waals surface area contributed by atoms with Gasteiger partial charge in [0.25, 0.3) is 0 Å². The summed E-state index contributed by atoms with van der Waals surface area (Å²) in [6.07, 6.45) is 3.00. The molecule has 1 saturated heterocycles. The van der Waals surface area contributed by atoms with Gasteiger partial charge in [0, 0.05) is 25.1 Å². The first-order valence-electron chi connectivity index (χ1n) is 9.97. The summed E-state index contributed by atoms with van der Waals surface area (Å²) >= 11 is 0. The van der Waals surface area contributed by atoms with E-state index in [-0.39, 0.29) is 22.8 Å². The van der Waals surface area contributed by atoms with Crippen LogP contribution in [0, 0.1) is 11.3 Å². The third kappa shape index (κ3) is 3.86. The SMILES string of the molecule is N#CC1CC(C(=O)c2ccc(S(=O)(=O)N3CCCCC3)cc2)=NN1c1ccccc1. The summed E-state index contributed by atoms with van der Waals surface area (Å²) in [5, 5.41) is 15.4. The van der Waals surface area contributed by atoms with Gasteiger partial charge >= 0.3 is 0 Å². The number of nitriles is 1. The van der Waals surface area contributed by atoms with E-state index in [4.69, 9.17) is 0 Å². The molecule has 8 heteroatoms. The van der Waals surface area contributed by atoms with Crippen molar-refractivity contribution < 1.29 is 13.2 Å². The monoisotopic (exact) mass is 422 g/mol. The zero-order valence-corrected chi connectivity index (χ0v) is 17.3. The highest BCUT2D eigenvalue weighted by Crippen LogP contribution is 2.26. The van der Waals surface area contributed by atoms with Gasteiger partial charge in [0.05, 0.1) is 16.7 Å². The van der Waals surface area contributed by atoms with E-state index in [1.807, 2.05) is 30.3 Å². The highest BCUT2D eigenvalue weighted by Gasteiger charge is 2.32. The first kappa shape index (κ1) is 20.3. The number of hydrogen-bond donors (Lipinski definition) is 0. The molecule has 154 valence electrons. The lowest BCUT2D eigenvalue weighted by Crippen LogP contribution is -2.35. The van der Waals surface area contributed by atoms with E-state index in [1.54, 1.807) is 5.01 Å². The summed E-state index contributed by atoms with van der Waals surface area (Å²) in [7, 11) is -3.54. The zero-order chi connectivity index (χ0) is 21.1. The largest absolute Gasteiger partial charge is 0.287 e. The average Bonchev–Trinajstić information content (AvgIpc) is 3.24. The van der Waals surface area contributed by atoms with E-state index in [0.717, 1.165) is 24.9 Å². The number of para-hydroxylation sites is 1. The molecule has 30 heavy (non-hydrogen) atoms. The molecular formula is C22H22N4O3S. The molecule has 2 aliphatic heterocycles. The lowest BCUT2D eigenvalue weighted by Gasteiger charge is -2.25. The van der Waals surface area contributed by atoms with Gasteiger partial charge in [-0.15, -0.1) is 0 Å². The highest BCUT2D eigenvalue weighted by atomic mass is 32.2. The molecule has 0 spiro atoms. The fourth-order valence-electron chi connectivity index (χ4n) is 3.77. The van der Waals surface area contributed by atoms with Crippen molar-refractivity contribution >= 4 is 27.2 Å². The minimum Gasteiger partial charge on any atom is -0.287 e. The molecule has 2 aromatic rings. The van der Waals surface area contributed by atoms with E-state index in [2.05, 4.69) is 11.2 Å². The Labute approximate surface area is 176 Å². The van der Waals surface area contributed by atoms with E-state index in [1.165, 1.54) is 28.6 Å². The van der Waals surface area contributed by atoms with Crippen molar-refractivity contribution in [3.63, 3.8) is 0 Å². The van der Waals surface area contributed by atoms with Crippen LogP contribution in [0.2, 0.25) is 0 Å². The lowest BCUT2D eigenvalue weighted by atomic mass is 10.0. The van der Waals surface area contributed by atoms with Crippen LogP contribution in [0.3, 0.4) is 0 Å². The number of carbonyl (C=O) groups excluding carboxylic acids is 1. The van der Waals surface area contributed by atoms with Gasteiger partial charge in [-0.3, -0.25) is 4.79 Å². The average molecular weight is 423 g/mol. The van der Waals surface area contributed by atoms with Crippen LogP contribution < -0.4 is 5.01 Å². The Hall–Kier alpha value is -3.02. The number of anilines is 1. The van der Waals surface area contributed by atoms with Gasteiger partial charge in [0.2, 0.25) is 15.8 Å². The van der Waals surface area contributed by atoms with Crippen LogP contribution in [0.25, 0.3) is 0 Å². The Kier molecular flexibility index (Phi) is 5.66. The Morgan fingerprint density at radius 3 is 2.30 bits per heavy atom. The Morgan fingerprint density at radius 1 is 1.00 bits per heavy atom. The molecule has 0 N–H and O–H groups in total. The molecule has 0 amide bonds. The minimum atomic E-state index is -3.54. The summed E-state index contributed by atoms with van der Waals surface area (Å²) in [6, 6.07) is 16.9. The van der Waals surface area contributed by atoms with Crippen molar-refractivity contribution in [2.45, 2.75) is 36.6 Å². The van der Waals surface area contributed by atoms with Gasteiger partial charge in [0.15, 0.2) is 0 Å². The molecule has 1 unspecified atom stereocenters. The van der Waals surface area contributed by atoms with Crippen molar-refractivity contribution in [1.82, 2.24) is 4.31 Å². The van der Waals surface area contributed by atoms with Crippen LogP contribution in [0.1, 0.15) is 36.0 Å². The van der Waals surface area contributed by atoms with Gasteiger partial charge in [-0.25, -0.2) is 13.4 Å². The van der Waals surface area contributed by atoms with E-state index < -0.39 is 16.1 Å². The number of sulfonamides is 1. The van der Waals surface area contributed by atoms with Gasteiger partial charge in [0.1, 0.15) is 11.8 Å². The summed E-state index contributed by atoms with van der Waals surface area (Å²) in [5.74, 6) is -0.296. The van der Waals surface area contributed by atoms with Crippen LogP contribution in [0.15, 0.2) is 64.6 Å². The summed E-state index contributed by atoms with van der Waals surface area (Å²) in [6.45, 7) is 1.06. The highest BCUT2D eigenvalue weighted by molar-refractivity contribution is 7.89. The first-order valence-corrected chi connectivity index (χ1v) is 11.4. The number of nitrogens with zero attached hydrogens (tertiary/aromatic N) is 4. The second-order valence-corrected chi connectivity index (χ2v) is 9.33. The van der Waals surface area contributed by atoms with Crippen molar-refractivity contribution in [2.24, 2.45) is 5.10 Å². The maximum Gasteiger partial charge on any atom is 0.243 e. The number of ketones is 1. The third-order valence-corrected chi connectivity index (χ3v) is 7.32. The molecule has 2 heterocycles. The van der Waals surface area contributed by atoms with Crippen LogP contribution in [0.5, 0.6) is 0 Å². The molecule has 2 aliphatic rings. The van der Waals surface area contributed by atoms with Gasteiger partial charge in [-0.2, -0.15) is 14.7 Å². The van der Waals surface area contributed by atoms with Gasteiger partial charge in [-0.1, -0.05) is 24.6 Å². The Balaban J connectivity index is 1.55. The number of Topliss-reactive ketones (excluding diaryl/α,β-unsaturated/α-hetero) is 1. The fourth-order valence-corrected chi connectivity index (χ4v) is 5.28. The molecule has 0 radical (unpaired) electrons. The number of rotatable bonds is 5. The molecule has 0 aromatic heterocycles. The normalized spacial score (nSPS) is 19.9. The molecule has 0 aliphatic carbocycles. The van der Waals surface area contributed by atoms with Crippen LogP contribution >= 0.6 is 0 Å². The Morgan fingerprint density at radius 2 is 1.67 bits per heavy atom. The maximum atomic E-state index is 12.9. The molecule has 1 atom stereocenters. The van der Waals surface area contributed by atoms with E-state index in [0.29, 0.717) is 18.7 Å². The maximum absolute atomic E-state index is 12.9. The van der Waals surface area contributed by atoms with Crippen molar-refractivity contribution in [1.29, 1.82) is 5.26 Å². The summed E-state index contributed by atoms with van der Waals surface area (Å²) < 4.78 is 27.1. The number of piperidine rings is 1. The molecule has 2 aromatic carbocycles. The predicted molar refractivity (Wildman–Crippen MR) is 114 cm³/mol. The van der Waals surface area contributed by atoms with Crippen molar-refractivity contribution in [3.05, 3.63) is 60.2 Å². The standard InChI is InChI=1S/C22H22N4O3S/c23-16-19-15-21(24-26(19)18-7-3-1-4-8-18)22(27)17-9-11-20(12-10-17)30(28,29)25-13-5-2-6-14-25/h1,3-4,7-12,19H,2,5-6,13-15H2. The second-order valence-electron chi connectivity index (χ2n) is 7.39. The Bertz CT molecular complexity index is 1100. The number of hydrazone groups is 1. The first-order chi connectivity index (χ1) is 14.5. The topological polar surface area (TPSA) is 93.8 Å². The van der Waals surface area contributed by atoms with E-state index >= 15 is 0 Å². The van der Waals surface area contributed by atoms with Crippen molar-refractivity contribution in [2.75, 3.05) is 18.1 Å². The van der Waals surface area contributed by atoms with Gasteiger partial charge < -0.3 is 0 Å². The minimum absolute atomic E-state index is 0.190. The molecule has 0 saturated carbocycles. The van der Waals surface area contributed by atoms with Crippen molar-refractivity contribution in [3.8, 4) is 6.07 Å². The van der Waals surface area contributed by atoms with E-state index in [9.17, 15) is 18.5 Å². The second kappa shape index (κ2) is 8.38. The lowest BCUT2D eigenvalue weighted by molar-refractivity contribution is 0.106. The molecule has 1 fully saturated rings. The molecule has 4 rings (SSSR count). The third-order valence-electron chi connectivity index (χ3n) is 5.41. The van der Waals surface area contributed by atoms with Gasteiger partial charge in [-0.05, 0) is 49.2 Å². The molecule has 7 nitrogen and oxygen atoms in total. The summed E-state index contributed by atoms with van der Waals surface area (Å²) in [4.78, 5) is 13.1. The van der Waals surface area contributed by atoms with Crippen LogP contribution in [-0.2, 0) is 10.0 Å².